The maximum absolute atomic E-state index is 12.5. The predicted molar refractivity (Wildman–Crippen MR) is 104 cm³/mol. The highest BCUT2D eigenvalue weighted by Gasteiger charge is 2.28. The van der Waals surface area contributed by atoms with Crippen LogP contribution >= 0.6 is 0 Å². The van der Waals surface area contributed by atoms with Gasteiger partial charge in [0.15, 0.2) is 0 Å². The lowest BCUT2D eigenvalue weighted by atomic mass is 9.55. The number of benzene rings is 2. The lowest BCUT2D eigenvalue weighted by molar-refractivity contribution is -0.136. The Morgan fingerprint density at radius 3 is 2.48 bits per heavy atom. The SMILES string of the molecule is CCc1cccc(B(OC(=O)C(N)CCCCN)c2ccccc2)c1. The first-order valence-corrected chi connectivity index (χ1v) is 8.95. The smallest absolute Gasteiger partial charge is 0.429 e. The molecule has 0 radical (unpaired) electrons. The van der Waals surface area contributed by atoms with Crippen molar-refractivity contribution in [2.75, 3.05) is 6.54 Å². The minimum absolute atomic E-state index is 0.368. The highest BCUT2D eigenvalue weighted by molar-refractivity contribution is 6.81. The molecule has 0 spiro atoms. The number of hydrogen-bond acceptors (Lipinski definition) is 4. The third-order valence-electron chi connectivity index (χ3n) is 4.27. The van der Waals surface area contributed by atoms with Gasteiger partial charge in [0.2, 0.25) is 0 Å². The standard InChI is InChI=1S/C20H27BN2O2/c1-2-16-9-8-12-18(15-16)21(17-10-4-3-5-11-17)25-20(24)19(23)13-6-7-14-22/h3-5,8-12,15,19H,2,6-7,13-14,22-23H2,1H3. The highest BCUT2D eigenvalue weighted by atomic mass is 16.5. The quantitative estimate of drug-likeness (QED) is 0.534. The first-order valence-electron chi connectivity index (χ1n) is 8.95. The van der Waals surface area contributed by atoms with Crippen LogP contribution in [0.1, 0.15) is 31.7 Å². The van der Waals surface area contributed by atoms with Crippen molar-refractivity contribution >= 4 is 23.8 Å². The molecule has 1 unspecified atom stereocenters. The van der Waals surface area contributed by atoms with Gasteiger partial charge in [0.25, 0.3) is 0 Å². The van der Waals surface area contributed by atoms with Crippen molar-refractivity contribution in [2.45, 2.75) is 38.6 Å². The van der Waals surface area contributed by atoms with Gasteiger partial charge in [-0.1, -0.05) is 67.9 Å². The zero-order valence-corrected chi connectivity index (χ0v) is 14.9. The van der Waals surface area contributed by atoms with Crippen LogP contribution in [0, 0.1) is 0 Å². The largest absolute Gasteiger partial charge is 0.525 e. The number of aryl methyl sites for hydroxylation is 1. The van der Waals surface area contributed by atoms with Crippen LogP contribution < -0.4 is 22.4 Å². The summed E-state index contributed by atoms with van der Waals surface area (Å²) in [6.07, 6.45) is 3.21. The molecule has 0 aromatic heterocycles. The third-order valence-corrected chi connectivity index (χ3v) is 4.27. The fraction of sp³-hybridized carbons (Fsp3) is 0.350. The summed E-state index contributed by atoms with van der Waals surface area (Å²) < 4.78 is 5.82. The second-order valence-corrected chi connectivity index (χ2v) is 6.22. The molecule has 5 heteroatoms. The van der Waals surface area contributed by atoms with Crippen LogP contribution in [0.25, 0.3) is 0 Å². The van der Waals surface area contributed by atoms with E-state index in [2.05, 4.69) is 19.1 Å². The molecule has 2 rings (SSSR count). The number of rotatable bonds is 9. The van der Waals surface area contributed by atoms with E-state index in [-0.39, 0.29) is 5.97 Å². The molecular formula is C20H27BN2O2. The van der Waals surface area contributed by atoms with Crippen molar-refractivity contribution in [3.05, 3.63) is 60.2 Å². The molecule has 0 aliphatic heterocycles. The number of unbranched alkanes of at least 4 members (excludes halogenated alkanes) is 1. The summed E-state index contributed by atoms with van der Waals surface area (Å²) >= 11 is 0. The fourth-order valence-electron chi connectivity index (χ4n) is 2.76. The Morgan fingerprint density at radius 2 is 1.80 bits per heavy atom. The van der Waals surface area contributed by atoms with E-state index in [1.165, 1.54) is 5.56 Å². The van der Waals surface area contributed by atoms with Gasteiger partial charge in [-0.25, -0.2) is 0 Å². The van der Waals surface area contributed by atoms with Crippen LogP contribution in [-0.2, 0) is 15.9 Å². The van der Waals surface area contributed by atoms with Gasteiger partial charge in [0.05, 0.1) is 0 Å². The molecule has 1 atom stereocenters. The fourth-order valence-corrected chi connectivity index (χ4v) is 2.76. The third kappa shape index (κ3) is 5.73. The van der Waals surface area contributed by atoms with E-state index in [0.29, 0.717) is 13.0 Å². The van der Waals surface area contributed by atoms with E-state index in [1.807, 2.05) is 42.5 Å². The zero-order valence-electron chi connectivity index (χ0n) is 14.9. The molecule has 4 nitrogen and oxygen atoms in total. The summed E-state index contributed by atoms with van der Waals surface area (Å²) in [6, 6.07) is 17.3. The van der Waals surface area contributed by atoms with Gasteiger partial charge in [-0.2, -0.15) is 0 Å². The van der Waals surface area contributed by atoms with E-state index in [9.17, 15) is 4.79 Å². The van der Waals surface area contributed by atoms with Gasteiger partial charge in [-0.05, 0) is 42.3 Å². The maximum atomic E-state index is 12.5. The summed E-state index contributed by atoms with van der Waals surface area (Å²) in [7, 11) is 0. The average molecular weight is 338 g/mol. The Kier molecular flexibility index (Phi) is 7.70. The zero-order chi connectivity index (χ0) is 18.1. The molecule has 2 aromatic carbocycles. The van der Waals surface area contributed by atoms with Gasteiger partial charge in [0.1, 0.15) is 6.04 Å². The molecule has 0 heterocycles. The Morgan fingerprint density at radius 1 is 1.08 bits per heavy atom. The highest BCUT2D eigenvalue weighted by Crippen LogP contribution is 2.04. The average Bonchev–Trinajstić information content (AvgIpc) is 2.66. The lowest BCUT2D eigenvalue weighted by Crippen LogP contribution is -2.49. The van der Waals surface area contributed by atoms with Crippen molar-refractivity contribution in [2.24, 2.45) is 11.5 Å². The van der Waals surface area contributed by atoms with Gasteiger partial charge in [-0.3, -0.25) is 4.79 Å². The minimum atomic E-state index is -0.618. The number of nitrogens with two attached hydrogens (primary N) is 2. The summed E-state index contributed by atoms with van der Waals surface area (Å²) in [5.41, 5.74) is 14.6. The van der Waals surface area contributed by atoms with Crippen LogP contribution in [0.5, 0.6) is 0 Å². The molecule has 2 aromatic rings. The van der Waals surface area contributed by atoms with E-state index in [1.54, 1.807) is 0 Å². The van der Waals surface area contributed by atoms with Crippen LogP contribution in [0.4, 0.5) is 0 Å². The van der Waals surface area contributed by atoms with Gasteiger partial charge < -0.3 is 16.1 Å². The van der Waals surface area contributed by atoms with Crippen molar-refractivity contribution in [1.82, 2.24) is 0 Å². The molecule has 0 bridgehead atoms. The van der Waals surface area contributed by atoms with Crippen LogP contribution in [0.3, 0.4) is 0 Å². The van der Waals surface area contributed by atoms with Crippen LogP contribution in [-0.4, -0.2) is 25.5 Å². The van der Waals surface area contributed by atoms with E-state index in [0.717, 1.165) is 30.2 Å². The van der Waals surface area contributed by atoms with Crippen LogP contribution in [0.15, 0.2) is 54.6 Å². The molecular weight excluding hydrogens is 311 g/mol. The molecule has 0 saturated heterocycles. The second-order valence-electron chi connectivity index (χ2n) is 6.22. The van der Waals surface area contributed by atoms with Gasteiger partial charge >= 0.3 is 12.9 Å². The molecule has 0 fully saturated rings. The first kappa shape index (κ1) is 19.2. The minimum Gasteiger partial charge on any atom is -0.525 e. The van der Waals surface area contributed by atoms with E-state index >= 15 is 0 Å². The predicted octanol–water partition coefficient (Wildman–Crippen LogP) is 1.35. The summed E-state index contributed by atoms with van der Waals surface area (Å²) in [5.74, 6) is -0.368. The number of carbonyl (C=O) groups excluding carboxylic acids is 1. The molecule has 4 N–H and O–H groups in total. The Labute approximate surface area is 150 Å². The number of hydrogen-bond donors (Lipinski definition) is 2. The first-order chi connectivity index (χ1) is 12.2. The van der Waals surface area contributed by atoms with E-state index in [4.69, 9.17) is 16.1 Å². The monoisotopic (exact) mass is 338 g/mol. The molecule has 0 saturated carbocycles. The summed E-state index contributed by atoms with van der Waals surface area (Å²) in [5, 5.41) is 0. The van der Waals surface area contributed by atoms with Crippen molar-refractivity contribution in [3.63, 3.8) is 0 Å². The topological polar surface area (TPSA) is 78.3 Å². The molecule has 25 heavy (non-hydrogen) atoms. The van der Waals surface area contributed by atoms with Gasteiger partial charge in [0, 0.05) is 0 Å². The lowest BCUT2D eigenvalue weighted by Gasteiger charge is -2.19. The molecule has 0 aliphatic rings. The number of carbonyl (C=O) groups is 1. The Hall–Kier alpha value is -2.11. The summed E-state index contributed by atoms with van der Waals surface area (Å²) in [4.78, 5) is 12.5. The normalized spacial score (nSPS) is 11.8. The van der Waals surface area contributed by atoms with Gasteiger partial charge in [-0.15, -0.1) is 0 Å². The van der Waals surface area contributed by atoms with Crippen molar-refractivity contribution < 1.29 is 9.45 Å². The van der Waals surface area contributed by atoms with Crippen molar-refractivity contribution in [1.29, 1.82) is 0 Å². The van der Waals surface area contributed by atoms with E-state index < -0.39 is 13.0 Å². The molecule has 0 amide bonds. The summed E-state index contributed by atoms with van der Waals surface area (Å²) in [6.45, 7) is 2.27. The second kappa shape index (κ2) is 10.0. The molecule has 0 aliphatic carbocycles. The van der Waals surface area contributed by atoms with Crippen LogP contribution in [0.2, 0.25) is 0 Å². The molecule has 132 valence electrons. The van der Waals surface area contributed by atoms with Crippen molar-refractivity contribution in [3.8, 4) is 0 Å². The Balaban J connectivity index is 2.19. The maximum Gasteiger partial charge on any atom is 0.429 e. The Bertz CT molecular complexity index is 664.